The molecule has 0 spiro atoms. The molecule has 3 aromatic rings. The van der Waals surface area contributed by atoms with Crippen molar-refractivity contribution >= 4 is 69.2 Å². The molecule has 1 aliphatic rings. The fourth-order valence-corrected chi connectivity index (χ4v) is 4.82. The van der Waals surface area contributed by atoms with E-state index in [-0.39, 0.29) is 29.2 Å². The first kappa shape index (κ1) is 24.7. The molecule has 2 amide bonds. The molecule has 178 valence electrons. The standard InChI is InChI=1S/C25H18ClFN2O4S2/c1-32-20-12-15(11-19(26)23(20)33-14-22(30)28-17-5-3-2-4-6-17)13-21-24(31)29(25(34)35-21)18-9-7-16(27)8-10-18/h2-13H,14H2,1H3,(H,28,30)/b21-13-. The first-order valence-electron chi connectivity index (χ1n) is 10.2. The lowest BCUT2D eigenvalue weighted by atomic mass is 10.1. The molecule has 4 rings (SSSR count). The van der Waals surface area contributed by atoms with Crippen LogP contribution in [0.4, 0.5) is 15.8 Å². The number of hydrogen-bond acceptors (Lipinski definition) is 6. The normalized spacial score (nSPS) is 14.4. The second-order valence-electron chi connectivity index (χ2n) is 7.23. The van der Waals surface area contributed by atoms with Crippen molar-refractivity contribution in [1.82, 2.24) is 0 Å². The lowest BCUT2D eigenvalue weighted by Crippen LogP contribution is -2.27. The number of thiocarbonyl (C=S) groups is 1. The lowest BCUT2D eigenvalue weighted by Gasteiger charge is -2.14. The van der Waals surface area contributed by atoms with E-state index < -0.39 is 5.82 Å². The zero-order valence-corrected chi connectivity index (χ0v) is 20.7. The molecule has 1 aliphatic heterocycles. The van der Waals surface area contributed by atoms with Crippen LogP contribution < -0.4 is 19.7 Å². The second-order valence-corrected chi connectivity index (χ2v) is 9.31. The number of anilines is 2. The number of amides is 2. The van der Waals surface area contributed by atoms with Gasteiger partial charge in [0.25, 0.3) is 11.8 Å². The van der Waals surface area contributed by atoms with E-state index in [2.05, 4.69) is 5.32 Å². The van der Waals surface area contributed by atoms with Crippen molar-refractivity contribution < 1.29 is 23.5 Å². The summed E-state index contributed by atoms with van der Waals surface area (Å²) in [7, 11) is 1.44. The van der Waals surface area contributed by atoms with E-state index >= 15 is 0 Å². The molecule has 0 aliphatic carbocycles. The highest BCUT2D eigenvalue weighted by atomic mass is 35.5. The molecule has 1 saturated heterocycles. The van der Waals surface area contributed by atoms with Crippen LogP contribution in [0.5, 0.6) is 11.5 Å². The van der Waals surface area contributed by atoms with Gasteiger partial charge in [0.1, 0.15) is 5.82 Å². The van der Waals surface area contributed by atoms with Crippen LogP contribution in [0.1, 0.15) is 5.56 Å². The van der Waals surface area contributed by atoms with Crippen LogP contribution >= 0.6 is 35.6 Å². The van der Waals surface area contributed by atoms with Gasteiger partial charge in [-0.3, -0.25) is 14.5 Å². The predicted molar refractivity (Wildman–Crippen MR) is 141 cm³/mol. The smallest absolute Gasteiger partial charge is 0.270 e. The monoisotopic (exact) mass is 528 g/mol. The predicted octanol–water partition coefficient (Wildman–Crippen LogP) is 5.91. The molecular formula is C25H18ClFN2O4S2. The topological polar surface area (TPSA) is 67.9 Å². The van der Waals surface area contributed by atoms with E-state index in [0.29, 0.717) is 31.9 Å². The third-order valence-corrected chi connectivity index (χ3v) is 6.42. The summed E-state index contributed by atoms with van der Waals surface area (Å²) in [5, 5.41) is 2.93. The molecule has 0 bridgehead atoms. The van der Waals surface area contributed by atoms with Crippen molar-refractivity contribution in [3.63, 3.8) is 0 Å². The van der Waals surface area contributed by atoms with Gasteiger partial charge in [-0.05, 0) is 60.2 Å². The van der Waals surface area contributed by atoms with Crippen LogP contribution in [0.3, 0.4) is 0 Å². The van der Waals surface area contributed by atoms with Gasteiger partial charge in [0.05, 0.1) is 22.7 Å². The molecule has 3 aromatic carbocycles. The number of methoxy groups -OCH3 is 1. The number of carbonyl (C=O) groups excluding carboxylic acids is 2. The van der Waals surface area contributed by atoms with Crippen molar-refractivity contribution in [2.75, 3.05) is 23.9 Å². The third kappa shape index (κ3) is 5.82. The maximum Gasteiger partial charge on any atom is 0.270 e. The summed E-state index contributed by atoms with van der Waals surface area (Å²) in [6, 6.07) is 17.7. The molecule has 1 fully saturated rings. The molecule has 0 unspecified atom stereocenters. The number of nitrogens with zero attached hydrogens (tertiary/aromatic N) is 1. The summed E-state index contributed by atoms with van der Waals surface area (Å²) in [6.45, 7) is -0.277. The molecule has 0 radical (unpaired) electrons. The number of carbonyl (C=O) groups is 2. The number of hydrogen-bond donors (Lipinski definition) is 1. The molecular weight excluding hydrogens is 511 g/mol. The quantitative estimate of drug-likeness (QED) is 0.304. The SMILES string of the molecule is COc1cc(/C=C2\SC(=S)N(c3ccc(F)cc3)C2=O)cc(Cl)c1OCC(=O)Nc1ccccc1. The zero-order chi connectivity index (χ0) is 24.9. The van der Waals surface area contributed by atoms with Gasteiger partial charge in [-0.2, -0.15) is 0 Å². The molecule has 1 heterocycles. The number of benzene rings is 3. The van der Waals surface area contributed by atoms with Gasteiger partial charge >= 0.3 is 0 Å². The minimum atomic E-state index is -0.406. The largest absolute Gasteiger partial charge is 0.493 e. The van der Waals surface area contributed by atoms with E-state index in [1.54, 1.807) is 30.3 Å². The Morgan fingerprint density at radius 3 is 2.57 bits per heavy atom. The Hall–Kier alpha value is -3.40. The van der Waals surface area contributed by atoms with Crippen molar-refractivity contribution in [1.29, 1.82) is 0 Å². The Bertz CT molecular complexity index is 1320. The van der Waals surface area contributed by atoms with Crippen molar-refractivity contribution in [2.24, 2.45) is 0 Å². The highest BCUT2D eigenvalue weighted by Gasteiger charge is 2.33. The lowest BCUT2D eigenvalue weighted by molar-refractivity contribution is -0.118. The van der Waals surface area contributed by atoms with E-state index in [4.69, 9.17) is 33.3 Å². The van der Waals surface area contributed by atoms with Crippen molar-refractivity contribution in [3.05, 3.63) is 88.0 Å². The number of thioether (sulfide) groups is 1. The Balaban J connectivity index is 1.50. The van der Waals surface area contributed by atoms with Crippen molar-refractivity contribution in [3.8, 4) is 11.5 Å². The summed E-state index contributed by atoms with van der Waals surface area (Å²) < 4.78 is 24.6. The van der Waals surface area contributed by atoms with Crippen LogP contribution in [-0.4, -0.2) is 29.9 Å². The summed E-state index contributed by atoms with van der Waals surface area (Å²) in [5.74, 6) is -0.600. The van der Waals surface area contributed by atoms with E-state index in [1.807, 2.05) is 18.2 Å². The van der Waals surface area contributed by atoms with Gasteiger partial charge < -0.3 is 14.8 Å². The molecule has 0 atom stereocenters. The average Bonchev–Trinajstić information content (AvgIpc) is 3.11. The van der Waals surface area contributed by atoms with Gasteiger partial charge in [-0.15, -0.1) is 0 Å². The minimum absolute atomic E-state index is 0.202. The maximum absolute atomic E-state index is 13.3. The molecule has 35 heavy (non-hydrogen) atoms. The summed E-state index contributed by atoms with van der Waals surface area (Å²) in [4.78, 5) is 26.9. The first-order chi connectivity index (χ1) is 16.9. The number of halogens is 2. The van der Waals surface area contributed by atoms with Gasteiger partial charge in [-0.1, -0.05) is 53.8 Å². The Labute approximate surface area is 215 Å². The van der Waals surface area contributed by atoms with Gasteiger partial charge in [0, 0.05) is 5.69 Å². The second kappa shape index (κ2) is 10.9. The highest BCUT2D eigenvalue weighted by molar-refractivity contribution is 8.27. The molecule has 6 nitrogen and oxygen atoms in total. The minimum Gasteiger partial charge on any atom is -0.493 e. The molecule has 0 aromatic heterocycles. The van der Waals surface area contributed by atoms with E-state index in [1.165, 1.54) is 36.3 Å². The average molecular weight is 529 g/mol. The Morgan fingerprint density at radius 2 is 1.89 bits per heavy atom. The van der Waals surface area contributed by atoms with E-state index in [9.17, 15) is 14.0 Å². The van der Waals surface area contributed by atoms with Crippen molar-refractivity contribution in [2.45, 2.75) is 0 Å². The van der Waals surface area contributed by atoms with Crippen LogP contribution in [-0.2, 0) is 9.59 Å². The number of para-hydroxylation sites is 1. The molecule has 10 heteroatoms. The highest BCUT2D eigenvalue weighted by Crippen LogP contribution is 2.40. The van der Waals surface area contributed by atoms with Crippen LogP contribution in [0.15, 0.2) is 71.6 Å². The Morgan fingerprint density at radius 1 is 1.17 bits per heavy atom. The van der Waals surface area contributed by atoms with E-state index in [0.717, 1.165) is 11.8 Å². The maximum atomic E-state index is 13.3. The summed E-state index contributed by atoms with van der Waals surface area (Å²) in [5.41, 5.74) is 1.70. The number of rotatable bonds is 7. The van der Waals surface area contributed by atoms with Gasteiger partial charge in [0.15, 0.2) is 22.4 Å². The van der Waals surface area contributed by atoms with Crippen LogP contribution in [0.25, 0.3) is 6.08 Å². The Kier molecular flexibility index (Phi) is 7.70. The fraction of sp³-hybridized carbons (Fsp3) is 0.0800. The number of nitrogens with one attached hydrogen (secondary N) is 1. The molecule has 0 saturated carbocycles. The van der Waals surface area contributed by atoms with Gasteiger partial charge in [-0.25, -0.2) is 4.39 Å². The van der Waals surface area contributed by atoms with Gasteiger partial charge in [0.2, 0.25) is 0 Å². The summed E-state index contributed by atoms with van der Waals surface area (Å²) >= 11 is 12.9. The summed E-state index contributed by atoms with van der Waals surface area (Å²) in [6.07, 6.45) is 1.63. The fourth-order valence-electron chi connectivity index (χ4n) is 3.25. The zero-order valence-electron chi connectivity index (χ0n) is 18.3. The van der Waals surface area contributed by atoms with Crippen LogP contribution in [0.2, 0.25) is 5.02 Å². The van der Waals surface area contributed by atoms with Crippen LogP contribution in [0, 0.1) is 5.82 Å². The third-order valence-electron chi connectivity index (χ3n) is 4.83. The number of ether oxygens (including phenoxy) is 2. The first-order valence-corrected chi connectivity index (χ1v) is 11.8. The molecule has 1 N–H and O–H groups in total.